The van der Waals surface area contributed by atoms with Gasteiger partial charge in [0.05, 0.1) is 11.7 Å². The van der Waals surface area contributed by atoms with Crippen LogP contribution in [0.4, 0.5) is 0 Å². The Hall–Kier alpha value is -0.830. The summed E-state index contributed by atoms with van der Waals surface area (Å²) in [5.74, 6) is 1.62. The number of nitrogens with one attached hydrogen (secondary N) is 1. The second kappa shape index (κ2) is 7.98. The Morgan fingerprint density at radius 1 is 1.24 bits per heavy atom. The summed E-state index contributed by atoms with van der Waals surface area (Å²) in [5.41, 5.74) is 1.19. The highest BCUT2D eigenvalue weighted by atomic mass is 15.3. The first-order valence-electron chi connectivity index (χ1n) is 8.93. The molecule has 1 aromatic heterocycles. The first kappa shape index (κ1) is 16.5. The monoisotopic (exact) mass is 291 g/mol. The first-order valence-corrected chi connectivity index (χ1v) is 8.93. The van der Waals surface area contributed by atoms with Crippen LogP contribution in [0.5, 0.6) is 0 Å². The Labute approximate surface area is 130 Å². The largest absolute Gasteiger partial charge is 0.308 e. The fourth-order valence-corrected chi connectivity index (χ4v) is 3.78. The highest BCUT2D eigenvalue weighted by Crippen LogP contribution is 2.30. The summed E-state index contributed by atoms with van der Waals surface area (Å²) < 4.78 is 2.15. The number of aromatic nitrogens is 2. The van der Waals surface area contributed by atoms with Gasteiger partial charge in [-0.1, -0.05) is 40.5 Å². The Balaban J connectivity index is 1.90. The van der Waals surface area contributed by atoms with Gasteiger partial charge in [0.2, 0.25) is 0 Å². The van der Waals surface area contributed by atoms with Gasteiger partial charge in [0.15, 0.2) is 0 Å². The molecular weight excluding hydrogens is 258 g/mol. The molecule has 0 spiro atoms. The molecule has 2 atom stereocenters. The summed E-state index contributed by atoms with van der Waals surface area (Å²) in [6.45, 7) is 10.1. The van der Waals surface area contributed by atoms with Gasteiger partial charge in [0.1, 0.15) is 0 Å². The average Bonchev–Trinajstić information content (AvgIpc) is 2.95. The minimum atomic E-state index is 0.553. The molecule has 3 nitrogen and oxygen atoms in total. The lowest BCUT2D eigenvalue weighted by molar-refractivity contribution is 0.204. The smallest absolute Gasteiger partial charge is 0.0762 e. The standard InChI is InChI=1S/C18H33N3/c1-5-16(6-2)21-12-11-15(20-21)13-19-18-10-8-7-9-17(18)14(3)4/h11-12,14,16-19H,5-10,13H2,1-4H3. The van der Waals surface area contributed by atoms with E-state index >= 15 is 0 Å². The van der Waals surface area contributed by atoms with Crippen LogP contribution in [0.2, 0.25) is 0 Å². The third-order valence-electron chi connectivity index (χ3n) is 5.20. The highest BCUT2D eigenvalue weighted by Gasteiger charge is 2.27. The zero-order valence-corrected chi connectivity index (χ0v) is 14.3. The molecule has 1 aromatic rings. The van der Waals surface area contributed by atoms with Crippen molar-refractivity contribution in [3.63, 3.8) is 0 Å². The van der Waals surface area contributed by atoms with Crippen molar-refractivity contribution in [2.24, 2.45) is 11.8 Å². The molecule has 1 saturated carbocycles. The zero-order valence-electron chi connectivity index (χ0n) is 14.3. The molecule has 0 amide bonds. The maximum atomic E-state index is 4.76. The van der Waals surface area contributed by atoms with Crippen LogP contribution in [0.3, 0.4) is 0 Å². The third kappa shape index (κ3) is 4.32. The molecule has 0 bridgehead atoms. The summed E-state index contributed by atoms with van der Waals surface area (Å²) in [6, 6.07) is 3.41. The van der Waals surface area contributed by atoms with Crippen LogP contribution in [0.25, 0.3) is 0 Å². The molecule has 1 aliphatic rings. The van der Waals surface area contributed by atoms with Crippen molar-refractivity contribution in [2.75, 3.05) is 0 Å². The second-order valence-electron chi connectivity index (χ2n) is 6.94. The summed E-state index contributed by atoms with van der Waals surface area (Å²) >= 11 is 0. The van der Waals surface area contributed by atoms with Gasteiger partial charge in [-0.2, -0.15) is 5.10 Å². The van der Waals surface area contributed by atoms with Gasteiger partial charge >= 0.3 is 0 Å². The van der Waals surface area contributed by atoms with Gasteiger partial charge in [-0.15, -0.1) is 0 Å². The molecule has 1 fully saturated rings. The average molecular weight is 291 g/mol. The van der Waals surface area contributed by atoms with Gasteiger partial charge in [0.25, 0.3) is 0 Å². The first-order chi connectivity index (χ1) is 10.2. The molecule has 3 heteroatoms. The third-order valence-corrected chi connectivity index (χ3v) is 5.20. The van der Waals surface area contributed by atoms with Crippen molar-refractivity contribution in [1.82, 2.24) is 15.1 Å². The fraction of sp³-hybridized carbons (Fsp3) is 0.833. The van der Waals surface area contributed by atoms with Crippen LogP contribution in [0.1, 0.15) is 78.0 Å². The molecule has 0 radical (unpaired) electrons. The molecule has 21 heavy (non-hydrogen) atoms. The SMILES string of the molecule is CCC(CC)n1ccc(CNC2CCCCC2C(C)C)n1. The van der Waals surface area contributed by atoms with Gasteiger partial charge in [-0.05, 0) is 43.6 Å². The number of rotatable bonds is 7. The lowest BCUT2D eigenvalue weighted by Crippen LogP contribution is -2.40. The fourth-order valence-electron chi connectivity index (χ4n) is 3.78. The molecule has 0 aromatic carbocycles. The van der Waals surface area contributed by atoms with Crippen molar-refractivity contribution >= 4 is 0 Å². The van der Waals surface area contributed by atoms with Crippen LogP contribution in [-0.4, -0.2) is 15.8 Å². The summed E-state index contributed by atoms with van der Waals surface area (Å²) in [6.07, 6.45) is 9.96. The molecule has 120 valence electrons. The van der Waals surface area contributed by atoms with E-state index in [4.69, 9.17) is 5.10 Å². The van der Waals surface area contributed by atoms with Crippen molar-refractivity contribution in [1.29, 1.82) is 0 Å². The van der Waals surface area contributed by atoms with Crippen LogP contribution in [-0.2, 0) is 6.54 Å². The number of hydrogen-bond acceptors (Lipinski definition) is 2. The van der Waals surface area contributed by atoms with Crippen LogP contribution >= 0.6 is 0 Å². The van der Waals surface area contributed by atoms with Gasteiger partial charge in [-0.25, -0.2) is 0 Å². The van der Waals surface area contributed by atoms with Gasteiger partial charge < -0.3 is 5.32 Å². The summed E-state index contributed by atoms with van der Waals surface area (Å²) in [4.78, 5) is 0. The molecule has 2 rings (SSSR count). The van der Waals surface area contributed by atoms with E-state index in [2.05, 4.69) is 50.0 Å². The molecule has 1 aliphatic carbocycles. The Bertz CT molecular complexity index is 406. The van der Waals surface area contributed by atoms with E-state index in [1.165, 1.54) is 31.4 Å². The van der Waals surface area contributed by atoms with Gasteiger partial charge in [-0.3, -0.25) is 4.68 Å². The second-order valence-corrected chi connectivity index (χ2v) is 6.94. The molecule has 0 saturated heterocycles. The Morgan fingerprint density at radius 3 is 2.62 bits per heavy atom. The molecule has 2 unspecified atom stereocenters. The Kier molecular flexibility index (Phi) is 6.28. The van der Waals surface area contributed by atoms with Crippen LogP contribution in [0, 0.1) is 11.8 Å². The van der Waals surface area contributed by atoms with Crippen molar-refractivity contribution in [3.8, 4) is 0 Å². The predicted molar refractivity (Wildman–Crippen MR) is 89.3 cm³/mol. The van der Waals surface area contributed by atoms with E-state index in [0.29, 0.717) is 12.1 Å². The van der Waals surface area contributed by atoms with E-state index in [-0.39, 0.29) is 0 Å². The topological polar surface area (TPSA) is 29.9 Å². The number of nitrogens with zero attached hydrogens (tertiary/aromatic N) is 2. The lowest BCUT2D eigenvalue weighted by atomic mass is 9.78. The predicted octanol–water partition coefficient (Wildman–Crippen LogP) is 4.55. The summed E-state index contributed by atoms with van der Waals surface area (Å²) in [7, 11) is 0. The van der Waals surface area contributed by atoms with Crippen molar-refractivity contribution in [2.45, 2.75) is 84.8 Å². The molecule has 0 aliphatic heterocycles. The molecule has 1 N–H and O–H groups in total. The quantitative estimate of drug-likeness (QED) is 0.798. The maximum Gasteiger partial charge on any atom is 0.0762 e. The molecule has 1 heterocycles. The highest BCUT2D eigenvalue weighted by molar-refractivity contribution is 5.00. The summed E-state index contributed by atoms with van der Waals surface area (Å²) in [5, 5.41) is 8.54. The van der Waals surface area contributed by atoms with E-state index in [1.807, 2.05) is 0 Å². The minimum absolute atomic E-state index is 0.553. The van der Waals surface area contributed by atoms with E-state index in [9.17, 15) is 0 Å². The van der Waals surface area contributed by atoms with E-state index in [0.717, 1.165) is 31.2 Å². The van der Waals surface area contributed by atoms with Gasteiger partial charge in [0, 0.05) is 18.8 Å². The van der Waals surface area contributed by atoms with E-state index < -0.39 is 0 Å². The lowest BCUT2D eigenvalue weighted by Gasteiger charge is -2.35. The zero-order chi connectivity index (χ0) is 15.2. The van der Waals surface area contributed by atoms with Crippen molar-refractivity contribution < 1.29 is 0 Å². The van der Waals surface area contributed by atoms with Crippen molar-refractivity contribution in [3.05, 3.63) is 18.0 Å². The maximum absolute atomic E-state index is 4.76. The Morgan fingerprint density at radius 2 is 1.95 bits per heavy atom. The normalized spacial score (nSPS) is 23.1. The number of hydrogen-bond donors (Lipinski definition) is 1. The minimum Gasteiger partial charge on any atom is -0.308 e. The molecular formula is C18H33N3. The van der Waals surface area contributed by atoms with E-state index in [1.54, 1.807) is 0 Å². The van der Waals surface area contributed by atoms with Crippen LogP contribution < -0.4 is 5.32 Å². The van der Waals surface area contributed by atoms with Crippen LogP contribution in [0.15, 0.2) is 12.3 Å².